The number of hydrogen-bond acceptors (Lipinski definition) is 4. The van der Waals surface area contributed by atoms with Gasteiger partial charge in [0, 0.05) is 18.5 Å². The molecule has 1 unspecified atom stereocenters. The summed E-state index contributed by atoms with van der Waals surface area (Å²) in [6.45, 7) is 2.25. The SMILES string of the molecule is O=C1c2cc(CO)c(CO)cc2CC1(F)CC1CCN(Cc2ccccc2)CC1. The molecular formula is C24H28FNO3. The van der Waals surface area contributed by atoms with Crippen LogP contribution in [-0.4, -0.2) is 39.7 Å². The van der Waals surface area contributed by atoms with Gasteiger partial charge in [-0.25, -0.2) is 4.39 Å². The predicted molar refractivity (Wildman–Crippen MR) is 109 cm³/mol. The molecule has 0 bridgehead atoms. The molecule has 0 radical (unpaired) electrons. The first-order valence-corrected chi connectivity index (χ1v) is 10.4. The third kappa shape index (κ3) is 4.13. The molecule has 2 aromatic carbocycles. The van der Waals surface area contributed by atoms with Crippen LogP contribution in [0, 0.1) is 5.92 Å². The van der Waals surface area contributed by atoms with Crippen LogP contribution in [0.25, 0.3) is 0 Å². The number of Topliss-reactive ketones (excluding diaryl/α,β-unsaturated/α-hetero) is 1. The van der Waals surface area contributed by atoms with Crippen molar-refractivity contribution in [1.82, 2.24) is 4.90 Å². The molecule has 2 aliphatic rings. The fraction of sp³-hybridized carbons (Fsp3) is 0.458. The van der Waals surface area contributed by atoms with E-state index >= 15 is 4.39 Å². The molecule has 1 aliphatic heterocycles. The van der Waals surface area contributed by atoms with Crippen LogP contribution in [0.3, 0.4) is 0 Å². The van der Waals surface area contributed by atoms with Gasteiger partial charge in [-0.3, -0.25) is 9.69 Å². The van der Waals surface area contributed by atoms with Crippen LogP contribution in [0.5, 0.6) is 0 Å². The Kier molecular flexibility index (Phi) is 5.81. The molecule has 0 spiro atoms. The lowest BCUT2D eigenvalue weighted by atomic mass is 9.83. The second kappa shape index (κ2) is 8.34. The van der Waals surface area contributed by atoms with Gasteiger partial charge in [-0.05, 0) is 66.6 Å². The molecule has 29 heavy (non-hydrogen) atoms. The number of likely N-dealkylation sites (tertiary alicyclic amines) is 1. The predicted octanol–water partition coefficient (Wildman–Crippen LogP) is 3.42. The fourth-order valence-corrected chi connectivity index (χ4v) is 4.83. The Bertz CT molecular complexity index is 877. The van der Waals surface area contributed by atoms with Crippen LogP contribution in [0.1, 0.15) is 51.9 Å². The Hall–Kier alpha value is -2.08. The number of rotatable bonds is 6. The highest BCUT2D eigenvalue weighted by molar-refractivity contribution is 6.07. The first-order valence-electron chi connectivity index (χ1n) is 10.4. The summed E-state index contributed by atoms with van der Waals surface area (Å²) in [5, 5.41) is 18.9. The molecule has 4 nitrogen and oxygen atoms in total. The zero-order valence-electron chi connectivity index (χ0n) is 16.6. The minimum absolute atomic E-state index is 0.0735. The number of aliphatic hydroxyl groups is 2. The molecule has 4 rings (SSSR count). The molecule has 0 saturated carbocycles. The summed E-state index contributed by atoms with van der Waals surface area (Å²) in [7, 11) is 0. The number of hydrogen-bond donors (Lipinski definition) is 2. The van der Waals surface area contributed by atoms with Crippen LogP contribution in [-0.2, 0) is 26.2 Å². The van der Waals surface area contributed by atoms with Crippen molar-refractivity contribution in [2.24, 2.45) is 5.92 Å². The smallest absolute Gasteiger partial charge is 0.200 e. The number of nitrogens with zero attached hydrogens (tertiary/aromatic N) is 1. The Morgan fingerprint density at radius 2 is 1.69 bits per heavy atom. The van der Waals surface area contributed by atoms with Crippen LogP contribution in [0.2, 0.25) is 0 Å². The van der Waals surface area contributed by atoms with E-state index in [-0.39, 0.29) is 32.0 Å². The summed E-state index contributed by atoms with van der Waals surface area (Å²) in [6, 6.07) is 13.6. The summed E-state index contributed by atoms with van der Waals surface area (Å²) in [4.78, 5) is 15.2. The Balaban J connectivity index is 1.39. The van der Waals surface area contributed by atoms with Crippen molar-refractivity contribution in [3.8, 4) is 0 Å². The average molecular weight is 397 g/mol. The number of fused-ring (bicyclic) bond motifs is 1. The van der Waals surface area contributed by atoms with E-state index in [4.69, 9.17) is 0 Å². The van der Waals surface area contributed by atoms with Gasteiger partial charge in [-0.2, -0.15) is 0 Å². The van der Waals surface area contributed by atoms with E-state index in [1.54, 1.807) is 12.1 Å². The molecule has 2 aromatic rings. The van der Waals surface area contributed by atoms with E-state index in [1.165, 1.54) is 5.56 Å². The van der Waals surface area contributed by atoms with Crippen molar-refractivity contribution in [3.63, 3.8) is 0 Å². The fourth-order valence-electron chi connectivity index (χ4n) is 4.83. The van der Waals surface area contributed by atoms with Gasteiger partial charge in [0.2, 0.25) is 5.78 Å². The number of alkyl halides is 1. The molecule has 1 saturated heterocycles. The van der Waals surface area contributed by atoms with Gasteiger partial charge >= 0.3 is 0 Å². The lowest BCUT2D eigenvalue weighted by Crippen LogP contribution is -2.38. The molecule has 0 amide bonds. The standard InChI is InChI=1S/C24H28FNO3/c25-24(13-19-10-20(15-27)21(16-28)11-22(19)23(24)29)12-17-6-8-26(9-7-17)14-18-4-2-1-3-5-18/h1-5,10-11,17,27-28H,6-9,12-16H2. The summed E-state index contributed by atoms with van der Waals surface area (Å²) < 4.78 is 15.7. The second-order valence-corrected chi connectivity index (χ2v) is 8.47. The second-order valence-electron chi connectivity index (χ2n) is 8.47. The van der Waals surface area contributed by atoms with Crippen molar-refractivity contribution in [3.05, 3.63) is 70.3 Å². The lowest BCUT2D eigenvalue weighted by molar-refractivity contribution is 0.0587. The van der Waals surface area contributed by atoms with E-state index in [1.807, 2.05) is 18.2 Å². The first-order chi connectivity index (χ1) is 14.0. The van der Waals surface area contributed by atoms with E-state index in [0.717, 1.165) is 32.5 Å². The third-order valence-electron chi connectivity index (χ3n) is 6.46. The Morgan fingerprint density at radius 3 is 2.34 bits per heavy atom. The highest BCUT2D eigenvalue weighted by Crippen LogP contribution is 2.41. The van der Waals surface area contributed by atoms with Gasteiger partial charge in [-0.1, -0.05) is 36.4 Å². The van der Waals surface area contributed by atoms with Crippen molar-refractivity contribution in [2.75, 3.05) is 13.1 Å². The summed E-state index contributed by atoms with van der Waals surface area (Å²) in [5.41, 5.74) is 1.51. The van der Waals surface area contributed by atoms with Gasteiger partial charge < -0.3 is 10.2 Å². The third-order valence-corrected chi connectivity index (χ3v) is 6.46. The number of ketones is 1. The van der Waals surface area contributed by atoms with Crippen molar-refractivity contribution >= 4 is 5.78 Å². The minimum Gasteiger partial charge on any atom is -0.392 e. The van der Waals surface area contributed by atoms with E-state index in [9.17, 15) is 15.0 Å². The van der Waals surface area contributed by atoms with Crippen LogP contribution >= 0.6 is 0 Å². The zero-order chi connectivity index (χ0) is 20.4. The minimum atomic E-state index is -1.87. The quantitative estimate of drug-likeness (QED) is 0.784. The topological polar surface area (TPSA) is 60.8 Å². The van der Waals surface area contributed by atoms with Gasteiger partial charge in [0.25, 0.3) is 0 Å². The van der Waals surface area contributed by atoms with Gasteiger partial charge in [-0.15, -0.1) is 0 Å². The van der Waals surface area contributed by atoms with Gasteiger partial charge in [0.1, 0.15) is 0 Å². The molecule has 1 heterocycles. The molecule has 5 heteroatoms. The molecule has 1 atom stereocenters. The first kappa shape index (κ1) is 20.2. The van der Waals surface area contributed by atoms with Crippen molar-refractivity contribution in [1.29, 1.82) is 0 Å². The number of benzene rings is 2. The molecular weight excluding hydrogens is 369 g/mol. The normalized spacial score (nSPS) is 22.8. The molecule has 0 aromatic heterocycles. The zero-order valence-corrected chi connectivity index (χ0v) is 16.6. The Morgan fingerprint density at radius 1 is 1.03 bits per heavy atom. The number of carbonyl (C=O) groups excluding carboxylic acids is 1. The number of aliphatic hydroxyl groups excluding tert-OH is 2. The maximum absolute atomic E-state index is 15.7. The van der Waals surface area contributed by atoms with Crippen LogP contribution < -0.4 is 0 Å². The van der Waals surface area contributed by atoms with Crippen LogP contribution in [0.15, 0.2) is 42.5 Å². The highest BCUT2D eigenvalue weighted by Gasteiger charge is 2.47. The summed E-state index contributed by atoms with van der Waals surface area (Å²) in [5.74, 6) is -0.265. The van der Waals surface area contributed by atoms with Gasteiger partial charge in [0.15, 0.2) is 5.67 Å². The largest absolute Gasteiger partial charge is 0.392 e. The number of carbonyl (C=O) groups is 1. The monoisotopic (exact) mass is 397 g/mol. The highest BCUT2D eigenvalue weighted by atomic mass is 19.1. The maximum Gasteiger partial charge on any atom is 0.200 e. The summed E-state index contributed by atoms with van der Waals surface area (Å²) >= 11 is 0. The molecule has 1 aliphatic carbocycles. The molecule has 154 valence electrons. The lowest BCUT2D eigenvalue weighted by Gasteiger charge is -2.34. The van der Waals surface area contributed by atoms with Gasteiger partial charge in [0.05, 0.1) is 13.2 Å². The van der Waals surface area contributed by atoms with E-state index in [2.05, 4.69) is 17.0 Å². The Labute approximate surface area is 171 Å². The van der Waals surface area contributed by atoms with E-state index < -0.39 is 11.5 Å². The van der Waals surface area contributed by atoms with Crippen molar-refractivity contribution < 1.29 is 19.4 Å². The average Bonchev–Trinajstić information content (AvgIpc) is 2.98. The number of halogens is 1. The van der Waals surface area contributed by atoms with Crippen LogP contribution in [0.4, 0.5) is 4.39 Å². The number of piperidine rings is 1. The molecule has 2 N–H and O–H groups in total. The summed E-state index contributed by atoms with van der Waals surface area (Å²) in [6.07, 6.45) is 2.12. The van der Waals surface area contributed by atoms with E-state index in [0.29, 0.717) is 22.3 Å². The van der Waals surface area contributed by atoms with Crippen molar-refractivity contribution in [2.45, 2.75) is 51.1 Å². The molecule has 1 fully saturated rings. The maximum atomic E-state index is 15.7.